The smallest absolute Gasteiger partial charge is 0.257 e. The first-order valence-electron chi connectivity index (χ1n) is 7.97. The van der Waals surface area contributed by atoms with Gasteiger partial charge in [0.2, 0.25) is 0 Å². The van der Waals surface area contributed by atoms with E-state index in [0.29, 0.717) is 5.13 Å². The van der Waals surface area contributed by atoms with Gasteiger partial charge in [-0.05, 0) is 51.0 Å². The summed E-state index contributed by atoms with van der Waals surface area (Å²) < 4.78 is 1.03. The topological polar surface area (TPSA) is 42.0 Å². The molecule has 0 unspecified atom stereocenters. The van der Waals surface area contributed by atoms with Crippen molar-refractivity contribution in [3.63, 3.8) is 0 Å². The van der Waals surface area contributed by atoms with Crippen LogP contribution in [-0.2, 0) is 0 Å². The number of aryl methyl sites for hydroxylation is 4. The number of halogens is 1. The zero-order valence-electron chi connectivity index (χ0n) is 14.6. The third-order valence-electron chi connectivity index (χ3n) is 4.04. The summed E-state index contributed by atoms with van der Waals surface area (Å²) in [4.78, 5) is 18.4. The zero-order chi connectivity index (χ0) is 18.1. The second-order valence-corrected chi connectivity index (χ2v) is 8.28. The van der Waals surface area contributed by atoms with Gasteiger partial charge in [-0.2, -0.15) is 0 Å². The molecule has 0 atom stereocenters. The lowest BCUT2D eigenvalue weighted by atomic mass is 9.99. The molecule has 0 radical (unpaired) electrons. The van der Waals surface area contributed by atoms with Crippen LogP contribution in [0.25, 0.3) is 11.3 Å². The monoisotopic (exact) mass is 414 g/mol. The molecule has 0 saturated heterocycles. The SMILES string of the molecule is Cc1cc(C)c(C(=O)Nc2nc(-c3ccc(Br)cc3)c(C)s2)c(C)c1. The number of hydrogen-bond donors (Lipinski definition) is 1. The van der Waals surface area contributed by atoms with Gasteiger partial charge in [0.15, 0.2) is 5.13 Å². The third-order valence-corrected chi connectivity index (χ3v) is 5.45. The van der Waals surface area contributed by atoms with E-state index in [0.717, 1.165) is 42.9 Å². The fourth-order valence-corrected chi connectivity index (χ4v) is 4.12. The molecule has 2 aromatic carbocycles. The van der Waals surface area contributed by atoms with E-state index < -0.39 is 0 Å². The molecule has 0 bridgehead atoms. The molecule has 1 heterocycles. The van der Waals surface area contributed by atoms with E-state index in [1.54, 1.807) is 0 Å². The number of aromatic nitrogens is 1. The van der Waals surface area contributed by atoms with Crippen molar-refractivity contribution in [3.05, 3.63) is 68.0 Å². The zero-order valence-corrected chi connectivity index (χ0v) is 17.0. The Morgan fingerprint density at radius 1 is 1.04 bits per heavy atom. The fourth-order valence-electron chi connectivity index (χ4n) is 3.02. The van der Waals surface area contributed by atoms with Crippen molar-refractivity contribution in [2.45, 2.75) is 27.7 Å². The van der Waals surface area contributed by atoms with Crippen LogP contribution in [0.4, 0.5) is 5.13 Å². The van der Waals surface area contributed by atoms with Crippen molar-refractivity contribution in [1.82, 2.24) is 4.98 Å². The number of rotatable bonds is 3. The lowest BCUT2D eigenvalue weighted by Gasteiger charge is -2.10. The van der Waals surface area contributed by atoms with Crippen LogP contribution >= 0.6 is 27.3 Å². The predicted octanol–water partition coefficient (Wildman–Crippen LogP) is 6.06. The lowest BCUT2D eigenvalue weighted by molar-refractivity contribution is 0.102. The molecule has 1 aromatic heterocycles. The molecule has 1 amide bonds. The molecule has 3 nitrogen and oxygen atoms in total. The summed E-state index contributed by atoms with van der Waals surface area (Å²) in [6.45, 7) is 7.99. The average Bonchev–Trinajstić information content (AvgIpc) is 2.87. The molecule has 0 aliphatic carbocycles. The van der Waals surface area contributed by atoms with Crippen LogP contribution in [-0.4, -0.2) is 10.9 Å². The molecule has 5 heteroatoms. The maximum absolute atomic E-state index is 12.7. The first kappa shape index (κ1) is 17.8. The fraction of sp³-hybridized carbons (Fsp3) is 0.200. The summed E-state index contributed by atoms with van der Waals surface area (Å²) in [5.74, 6) is -0.105. The highest BCUT2D eigenvalue weighted by Crippen LogP contribution is 2.31. The largest absolute Gasteiger partial charge is 0.298 e. The van der Waals surface area contributed by atoms with Gasteiger partial charge in [-0.3, -0.25) is 10.1 Å². The van der Waals surface area contributed by atoms with E-state index in [-0.39, 0.29) is 5.91 Å². The van der Waals surface area contributed by atoms with E-state index in [2.05, 4.69) is 26.2 Å². The summed E-state index contributed by atoms with van der Waals surface area (Å²) in [5.41, 5.74) is 5.80. The maximum atomic E-state index is 12.7. The predicted molar refractivity (Wildman–Crippen MR) is 109 cm³/mol. The van der Waals surface area contributed by atoms with Crippen molar-refractivity contribution in [2.24, 2.45) is 0 Å². The van der Waals surface area contributed by atoms with Gasteiger partial charge < -0.3 is 0 Å². The maximum Gasteiger partial charge on any atom is 0.257 e. The van der Waals surface area contributed by atoms with Crippen LogP contribution in [0, 0.1) is 27.7 Å². The highest BCUT2D eigenvalue weighted by Gasteiger charge is 2.16. The van der Waals surface area contributed by atoms with Crippen molar-refractivity contribution in [2.75, 3.05) is 5.32 Å². The number of nitrogens with zero attached hydrogens (tertiary/aromatic N) is 1. The Kier molecular flexibility index (Phi) is 5.06. The van der Waals surface area contributed by atoms with Gasteiger partial charge in [-0.1, -0.05) is 45.8 Å². The molecule has 0 spiro atoms. The summed E-state index contributed by atoms with van der Waals surface area (Å²) in [6, 6.07) is 12.1. The lowest BCUT2D eigenvalue weighted by Crippen LogP contribution is -2.15. The van der Waals surface area contributed by atoms with E-state index in [9.17, 15) is 4.79 Å². The minimum atomic E-state index is -0.105. The first-order valence-corrected chi connectivity index (χ1v) is 9.58. The molecule has 0 saturated carbocycles. The molecular weight excluding hydrogens is 396 g/mol. The molecule has 128 valence electrons. The van der Waals surface area contributed by atoms with Crippen LogP contribution < -0.4 is 5.32 Å². The Morgan fingerprint density at radius 2 is 1.64 bits per heavy atom. The van der Waals surface area contributed by atoms with Gasteiger partial charge in [0.1, 0.15) is 0 Å². The normalized spacial score (nSPS) is 10.8. The van der Waals surface area contributed by atoms with Gasteiger partial charge in [0.25, 0.3) is 5.91 Å². The number of anilines is 1. The van der Waals surface area contributed by atoms with Gasteiger partial charge in [0.05, 0.1) is 5.69 Å². The molecule has 1 N–H and O–H groups in total. The molecule has 3 rings (SSSR count). The Labute approximate surface area is 160 Å². The van der Waals surface area contributed by atoms with Crippen molar-refractivity contribution in [3.8, 4) is 11.3 Å². The van der Waals surface area contributed by atoms with Crippen LogP contribution in [0.3, 0.4) is 0 Å². The number of amides is 1. The van der Waals surface area contributed by atoms with Crippen molar-refractivity contribution in [1.29, 1.82) is 0 Å². The minimum absolute atomic E-state index is 0.105. The number of carbonyl (C=O) groups excluding carboxylic acids is 1. The second kappa shape index (κ2) is 7.10. The van der Waals surface area contributed by atoms with Gasteiger partial charge in [0, 0.05) is 20.5 Å². The molecule has 25 heavy (non-hydrogen) atoms. The summed E-state index contributed by atoms with van der Waals surface area (Å²) in [6.07, 6.45) is 0. The highest BCUT2D eigenvalue weighted by atomic mass is 79.9. The van der Waals surface area contributed by atoms with Gasteiger partial charge in [-0.25, -0.2) is 4.98 Å². The number of carbonyl (C=O) groups is 1. The van der Waals surface area contributed by atoms with Gasteiger partial charge >= 0.3 is 0 Å². The standard InChI is InChI=1S/C20H19BrN2OS/c1-11-9-12(2)17(13(3)10-11)19(24)23-20-22-18(14(4)25-20)15-5-7-16(21)8-6-15/h5-10H,1-4H3,(H,22,23,24). The Bertz CT molecular complexity index is 922. The molecular formula is C20H19BrN2OS. The van der Waals surface area contributed by atoms with E-state index in [4.69, 9.17) is 0 Å². The molecule has 0 aliphatic heterocycles. The van der Waals surface area contributed by atoms with Crippen LogP contribution in [0.5, 0.6) is 0 Å². The van der Waals surface area contributed by atoms with E-state index in [1.165, 1.54) is 11.3 Å². The Morgan fingerprint density at radius 3 is 2.24 bits per heavy atom. The Hall–Kier alpha value is -1.98. The highest BCUT2D eigenvalue weighted by molar-refractivity contribution is 9.10. The average molecular weight is 415 g/mol. The number of thiazole rings is 1. The Balaban J connectivity index is 1.88. The van der Waals surface area contributed by atoms with E-state index in [1.807, 2.05) is 64.1 Å². The number of benzene rings is 2. The van der Waals surface area contributed by atoms with Crippen molar-refractivity contribution >= 4 is 38.3 Å². The van der Waals surface area contributed by atoms with Gasteiger partial charge in [-0.15, -0.1) is 11.3 Å². The minimum Gasteiger partial charge on any atom is -0.298 e. The van der Waals surface area contributed by atoms with E-state index >= 15 is 0 Å². The number of nitrogens with one attached hydrogen (secondary N) is 1. The second-order valence-electron chi connectivity index (χ2n) is 6.16. The molecule has 0 fully saturated rings. The quantitative estimate of drug-likeness (QED) is 0.565. The summed E-state index contributed by atoms with van der Waals surface area (Å²) >= 11 is 4.94. The summed E-state index contributed by atoms with van der Waals surface area (Å²) in [7, 11) is 0. The molecule has 0 aliphatic rings. The van der Waals surface area contributed by atoms with Crippen molar-refractivity contribution < 1.29 is 4.79 Å². The van der Waals surface area contributed by atoms with Crippen LogP contribution in [0.15, 0.2) is 40.9 Å². The molecule has 3 aromatic rings. The first-order chi connectivity index (χ1) is 11.8. The third kappa shape index (κ3) is 3.83. The van der Waals surface area contributed by atoms with Crippen LogP contribution in [0.2, 0.25) is 0 Å². The van der Waals surface area contributed by atoms with Crippen LogP contribution in [0.1, 0.15) is 31.9 Å². The summed E-state index contributed by atoms with van der Waals surface area (Å²) in [5, 5.41) is 3.59. The number of hydrogen-bond acceptors (Lipinski definition) is 3.